The molecule has 1 aliphatic rings. The van der Waals surface area contributed by atoms with Crippen LogP contribution in [0.2, 0.25) is 0 Å². The van der Waals surface area contributed by atoms with E-state index in [-0.39, 0.29) is 11.9 Å². The fraction of sp³-hybridized carbons (Fsp3) is 0.500. The molecule has 2 rings (SSSR count). The zero-order valence-electron chi connectivity index (χ0n) is 12.1. The Labute approximate surface area is 133 Å². The van der Waals surface area contributed by atoms with Crippen molar-refractivity contribution in [3.8, 4) is 5.75 Å². The number of aldehydes is 1. The number of carbonyl (C=O) groups is 2. The van der Waals surface area contributed by atoms with Gasteiger partial charge in [0.25, 0.3) is 5.91 Å². The van der Waals surface area contributed by atoms with Crippen molar-refractivity contribution in [1.82, 2.24) is 5.32 Å². The first kappa shape index (κ1) is 16.0. The molecule has 0 spiro atoms. The third kappa shape index (κ3) is 4.56. The number of rotatable bonds is 5. The highest BCUT2D eigenvalue weighted by Crippen LogP contribution is 2.23. The van der Waals surface area contributed by atoms with Crippen LogP contribution < -0.4 is 10.1 Å². The Balaban J connectivity index is 1.95. The van der Waals surface area contributed by atoms with Crippen molar-refractivity contribution in [2.24, 2.45) is 0 Å². The van der Waals surface area contributed by atoms with Crippen molar-refractivity contribution in [3.05, 3.63) is 28.2 Å². The van der Waals surface area contributed by atoms with Gasteiger partial charge in [-0.2, -0.15) is 0 Å². The smallest absolute Gasteiger partial charge is 0.260 e. The summed E-state index contributed by atoms with van der Waals surface area (Å²) in [5.41, 5.74) is 0.432. The van der Waals surface area contributed by atoms with Gasteiger partial charge >= 0.3 is 0 Å². The van der Waals surface area contributed by atoms with E-state index in [4.69, 9.17) is 4.74 Å². The number of halogens is 1. The van der Waals surface area contributed by atoms with Crippen LogP contribution in [0.25, 0.3) is 0 Å². The maximum atomic E-state index is 12.1. The van der Waals surface area contributed by atoms with E-state index in [0.717, 1.165) is 23.6 Å². The van der Waals surface area contributed by atoms with Gasteiger partial charge < -0.3 is 10.1 Å². The van der Waals surface area contributed by atoms with Crippen LogP contribution in [0, 0.1) is 0 Å². The lowest BCUT2D eigenvalue weighted by atomic mass is 9.95. The van der Waals surface area contributed by atoms with Gasteiger partial charge in [-0.05, 0) is 38.0 Å². The van der Waals surface area contributed by atoms with E-state index >= 15 is 0 Å². The van der Waals surface area contributed by atoms with Gasteiger partial charge in [-0.25, -0.2) is 0 Å². The Hall–Kier alpha value is -1.36. The molecule has 1 fully saturated rings. The van der Waals surface area contributed by atoms with E-state index in [2.05, 4.69) is 21.2 Å². The molecule has 0 aromatic heterocycles. The minimum atomic E-state index is -0.619. The molecule has 1 aromatic carbocycles. The zero-order chi connectivity index (χ0) is 15.2. The predicted octanol–water partition coefficient (Wildman–Crippen LogP) is 3.48. The normalized spacial score (nSPS) is 17.0. The average Bonchev–Trinajstić information content (AvgIpc) is 2.49. The highest BCUT2D eigenvalue weighted by Gasteiger charge is 2.21. The molecule has 0 radical (unpaired) electrons. The van der Waals surface area contributed by atoms with Crippen molar-refractivity contribution in [3.63, 3.8) is 0 Å². The molecule has 1 aromatic rings. The fourth-order valence-corrected chi connectivity index (χ4v) is 2.91. The van der Waals surface area contributed by atoms with E-state index in [0.29, 0.717) is 11.3 Å². The molecule has 1 saturated carbocycles. The molecule has 1 amide bonds. The topological polar surface area (TPSA) is 55.4 Å². The van der Waals surface area contributed by atoms with Crippen LogP contribution in [-0.2, 0) is 4.79 Å². The molecule has 21 heavy (non-hydrogen) atoms. The average molecular weight is 354 g/mol. The van der Waals surface area contributed by atoms with E-state index in [1.54, 1.807) is 25.1 Å². The van der Waals surface area contributed by atoms with Crippen LogP contribution in [0.4, 0.5) is 0 Å². The molecule has 1 N–H and O–H groups in total. The number of ether oxygens (including phenoxy) is 1. The first-order chi connectivity index (χ1) is 10.1. The summed E-state index contributed by atoms with van der Waals surface area (Å²) < 4.78 is 6.43. The molecule has 0 saturated heterocycles. The summed E-state index contributed by atoms with van der Waals surface area (Å²) in [4.78, 5) is 23.2. The predicted molar refractivity (Wildman–Crippen MR) is 84.6 cm³/mol. The third-order valence-electron chi connectivity index (χ3n) is 3.72. The second-order valence-electron chi connectivity index (χ2n) is 5.40. The van der Waals surface area contributed by atoms with E-state index in [9.17, 15) is 9.59 Å². The van der Waals surface area contributed by atoms with Gasteiger partial charge in [-0.1, -0.05) is 35.2 Å². The number of nitrogens with one attached hydrogen (secondary N) is 1. The van der Waals surface area contributed by atoms with Crippen LogP contribution in [-0.4, -0.2) is 24.3 Å². The molecule has 1 unspecified atom stereocenters. The van der Waals surface area contributed by atoms with Crippen LogP contribution in [0.3, 0.4) is 0 Å². The Morgan fingerprint density at radius 1 is 1.38 bits per heavy atom. The Morgan fingerprint density at radius 3 is 2.76 bits per heavy atom. The highest BCUT2D eigenvalue weighted by atomic mass is 79.9. The standard InChI is InChI=1S/C16H20BrNO3/c1-11(16(20)18-14-5-3-2-4-6-14)21-15-8-7-13(17)9-12(15)10-19/h7-11,14H,2-6H2,1H3,(H,18,20). The minimum absolute atomic E-state index is 0.123. The van der Waals surface area contributed by atoms with Crippen molar-refractivity contribution in [2.45, 2.75) is 51.2 Å². The summed E-state index contributed by atoms with van der Waals surface area (Å²) in [6.07, 6.45) is 5.77. The summed E-state index contributed by atoms with van der Waals surface area (Å²) in [7, 11) is 0. The zero-order valence-corrected chi connectivity index (χ0v) is 13.7. The Morgan fingerprint density at radius 2 is 2.10 bits per heavy atom. The number of hydrogen-bond donors (Lipinski definition) is 1. The van der Waals surface area contributed by atoms with Gasteiger partial charge in [0.15, 0.2) is 12.4 Å². The molecule has 0 aliphatic heterocycles. The Bertz CT molecular complexity index is 512. The highest BCUT2D eigenvalue weighted by molar-refractivity contribution is 9.10. The van der Waals surface area contributed by atoms with Gasteiger partial charge in [0, 0.05) is 10.5 Å². The van der Waals surface area contributed by atoms with Gasteiger partial charge in [0.2, 0.25) is 0 Å². The van der Waals surface area contributed by atoms with Gasteiger partial charge in [-0.3, -0.25) is 9.59 Å². The van der Waals surface area contributed by atoms with Crippen LogP contribution in [0.15, 0.2) is 22.7 Å². The van der Waals surface area contributed by atoms with Crippen LogP contribution in [0.1, 0.15) is 49.4 Å². The van der Waals surface area contributed by atoms with Gasteiger partial charge in [0.05, 0.1) is 5.56 Å². The third-order valence-corrected chi connectivity index (χ3v) is 4.22. The molecule has 1 aliphatic carbocycles. The van der Waals surface area contributed by atoms with Gasteiger partial charge in [-0.15, -0.1) is 0 Å². The van der Waals surface area contributed by atoms with Crippen LogP contribution >= 0.6 is 15.9 Å². The SMILES string of the molecule is CC(Oc1ccc(Br)cc1C=O)C(=O)NC1CCCCC1. The lowest BCUT2D eigenvalue weighted by molar-refractivity contribution is -0.128. The van der Waals surface area contributed by atoms with Crippen molar-refractivity contribution >= 4 is 28.1 Å². The Kier molecular flexibility index (Phi) is 5.79. The van der Waals surface area contributed by atoms with Crippen LogP contribution in [0.5, 0.6) is 5.75 Å². The summed E-state index contributed by atoms with van der Waals surface area (Å²) in [5, 5.41) is 3.03. The lowest BCUT2D eigenvalue weighted by Crippen LogP contribution is -2.43. The molecule has 0 heterocycles. The summed E-state index contributed by atoms with van der Waals surface area (Å²) in [6, 6.07) is 5.41. The first-order valence-electron chi connectivity index (χ1n) is 7.32. The summed E-state index contributed by atoms with van der Waals surface area (Å²) in [6.45, 7) is 1.70. The minimum Gasteiger partial charge on any atom is -0.480 e. The number of benzene rings is 1. The lowest BCUT2D eigenvalue weighted by Gasteiger charge is -2.24. The summed E-state index contributed by atoms with van der Waals surface area (Å²) >= 11 is 3.30. The number of carbonyl (C=O) groups excluding carboxylic acids is 2. The second kappa shape index (κ2) is 7.59. The van der Waals surface area contributed by atoms with Crippen molar-refractivity contribution < 1.29 is 14.3 Å². The van der Waals surface area contributed by atoms with Crippen molar-refractivity contribution in [2.75, 3.05) is 0 Å². The molecule has 0 bridgehead atoms. The van der Waals surface area contributed by atoms with Gasteiger partial charge in [0.1, 0.15) is 5.75 Å². The largest absolute Gasteiger partial charge is 0.480 e. The first-order valence-corrected chi connectivity index (χ1v) is 8.11. The molecule has 114 valence electrons. The number of amides is 1. The quantitative estimate of drug-likeness (QED) is 0.824. The summed E-state index contributed by atoms with van der Waals surface area (Å²) in [5.74, 6) is 0.307. The molecular weight excluding hydrogens is 334 g/mol. The fourth-order valence-electron chi connectivity index (χ4n) is 2.53. The molecular formula is C16H20BrNO3. The van der Waals surface area contributed by atoms with E-state index in [1.165, 1.54) is 19.3 Å². The maximum Gasteiger partial charge on any atom is 0.260 e. The van der Waals surface area contributed by atoms with E-state index < -0.39 is 6.10 Å². The molecule has 5 heteroatoms. The number of hydrogen-bond acceptors (Lipinski definition) is 3. The molecule has 4 nitrogen and oxygen atoms in total. The maximum absolute atomic E-state index is 12.1. The monoisotopic (exact) mass is 353 g/mol. The second-order valence-corrected chi connectivity index (χ2v) is 6.32. The van der Waals surface area contributed by atoms with E-state index in [1.807, 2.05) is 0 Å². The molecule has 1 atom stereocenters. The van der Waals surface area contributed by atoms with Crippen molar-refractivity contribution in [1.29, 1.82) is 0 Å².